The molecule has 3 N–H and O–H groups in total. The molecular weight excluding hydrogens is 236 g/mol. The normalized spacial score (nSPS) is 11.5. The summed E-state index contributed by atoms with van der Waals surface area (Å²) in [6, 6.07) is 5.80. The lowest BCUT2D eigenvalue weighted by Gasteiger charge is -2.11. The first-order valence-electron chi connectivity index (χ1n) is 5.60. The standard InChI is InChI=1S/C13H20N2O.ClH/c1-9-5-4-6-10(2)12(9)7-8-15-13(16)11(3)14;/h4-6,11H,7-8,14H2,1-3H3,(H,15,16);1H/t11-;/m0./s1. The first-order chi connectivity index (χ1) is 7.52. The molecule has 0 saturated carbocycles. The fourth-order valence-corrected chi connectivity index (χ4v) is 1.72. The zero-order valence-electron chi connectivity index (χ0n) is 10.6. The highest BCUT2D eigenvalue weighted by molar-refractivity contribution is 5.85. The third-order valence-corrected chi connectivity index (χ3v) is 2.73. The van der Waals surface area contributed by atoms with E-state index in [1.54, 1.807) is 6.92 Å². The van der Waals surface area contributed by atoms with Gasteiger partial charge < -0.3 is 11.1 Å². The van der Waals surface area contributed by atoms with Crippen LogP contribution in [0.25, 0.3) is 0 Å². The van der Waals surface area contributed by atoms with Crippen LogP contribution in [0, 0.1) is 13.8 Å². The van der Waals surface area contributed by atoms with Gasteiger partial charge in [0.2, 0.25) is 5.91 Å². The van der Waals surface area contributed by atoms with Crippen molar-refractivity contribution in [2.24, 2.45) is 5.73 Å². The minimum atomic E-state index is -0.432. The largest absolute Gasteiger partial charge is 0.354 e. The lowest BCUT2D eigenvalue weighted by Crippen LogP contribution is -2.39. The van der Waals surface area contributed by atoms with E-state index in [2.05, 4.69) is 37.4 Å². The van der Waals surface area contributed by atoms with Crippen molar-refractivity contribution in [2.75, 3.05) is 6.54 Å². The van der Waals surface area contributed by atoms with Crippen molar-refractivity contribution in [3.8, 4) is 0 Å². The van der Waals surface area contributed by atoms with Crippen LogP contribution in [0.4, 0.5) is 0 Å². The van der Waals surface area contributed by atoms with Gasteiger partial charge in [-0.05, 0) is 43.9 Å². The highest BCUT2D eigenvalue weighted by atomic mass is 35.5. The van der Waals surface area contributed by atoms with Gasteiger partial charge in [0, 0.05) is 6.54 Å². The molecule has 1 aromatic rings. The average Bonchev–Trinajstić information content (AvgIpc) is 2.22. The second-order valence-corrected chi connectivity index (χ2v) is 4.20. The number of rotatable bonds is 4. The number of carbonyl (C=O) groups is 1. The number of carbonyl (C=O) groups excluding carboxylic acids is 1. The third kappa shape index (κ3) is 4.75. The molecule has 96 valence electrons. The van der Waals surface area contributed by atoms with Gasteiger partial charge in [-0.1, -0.05) is 18.2 Å². The molecule has 0 spiro atoms. The Balaban J connectivity index is 0.00000256. The van der Waals surface area contributed by atoms with Gasteiger partial charge in [-0.25, -0.2) is 0 Å². The van der Waals surface area contributed by atoms with Crippen LogP contribution >= 0.6 is 12.4 Å². The van der Waals surface area contributed by atoms with Crippen molar-refractivity contribution in [3.05, 3.63) is 34.9 Å². The number of nitrogens with two attached hydrogens (primary N) is 1. The number of amides is 1. The Hall–Kier alpha value is -1.06. The Morgan fingerprint density at radius 3 is 2.35 bits per heavy atom. The number of aryl methyl sites for hydroxylation is 2. The predicted molar refractivity (Wildman–Crippen MR) is 73.5 cm³/mol. The van der Waals surface area contributed by atoms with Gasteiger partial charge >= 0.3 is 0 Å². The molecule has 1 atom stereocenters. The zero-order chi connectivity index (χ0) is 12.1. The second-order valence-electron chi connectivity index (χ2n) is 4.20. The molecule has 0 saturated heterocycles. The lowest BCUT2D eigenvalue weighted by atomic mass is 10.0. The van der Waals surface area contributed by atoms with Crippen LogP contribution < -0.4 is 11.1 Å². The monoisotopic (exact) mass is 256 g/mol. The van der Waals surface area contributed by atoms with E-state index in [-0.39, 0.29) is 18.3 Å². The van der Waals surface area contributed by atoms with Crippen LogP contribution in [0.2, 0.25) is 0 Å². The smallest absolute Gasteiger partial charge is 0.236 e. The average molecular weight is 257 g/mol. The summed E-state index contributed by atoms with van der Waals surface area (Å²) in [7, 11) is 0. The summed E-state index contributed by atoms with van der Waals surface area (Å²) in [6.45, 7) is 6.52. The first-order valence-corrected chi connectivity index (χ1v) is 5.60. The van der Waals surface area contributed by atoms with Crippen molar-refractivity contribution in [2.45, 2.75) is 33.2 Å². The molecule has 0 aliphatic rings. The van der Waals surface area contributed by atoms with Gasteiger partial charge in [0.1, 0.15) is 0 Å². The van der Waals surface area contributed by atoms with Crippen molar-refractivity contribution in [1.82, 2.24) is 5.32 Å². The van der Waals surface area contributed by atoms with Crippen LogP contribution in [0.1, 0.15) is 23.6 Å². The van der Waals surface area contributed by atoms with Crippen molar-refractivity contribution in [1.29, 1.82) is 0 Å². The fraction of sp³-hybridized carbons (Fsp3) is 0.462. The van der Waals surface area contributed by atoms with Crippen LogP contribution in [-0.2, 0) is 11.2 Å². The Kier molecular flexibility index (Phi) is 6.85. The van der Waals surface area contributed by atoms with Crippen molar-refractivity contribution < 1.29 is 4.79 Å². The summed E-state index contributed by atoms with van der Waals surface area (Å²) < 4.78 is 0. The highest BCUT2D eigenvalue weighted by Crippen LogP contribution is 2.13. The van der Waals surface area contributed by atoms with E-state index in [1.807, 2.05) is 0 Å². The van der Waals surface area contributed by atoms with Gasteiger partial charge in [-0.15, -0.1) is 12.4 Å². The summed E-state index contributed by atoms with van der Waals surface area (Å²) >= 11 is 0. The molecule has 0 bridgehead atoms. The molecule has 4 heteroatoms. The maximum atomic E-state index is 11.3. The molecule has 0 aromatic heterocycles. The molecule has 0 fully saturated rings. The van der Waals surface area contributed by atoms with E-state index in [1.165, 1.54) is 16.7 Å². The lowest BCUT2D eigenvalue weighted by molar-refractivity contribution is -0.121. The number of nitrogens with one attached hydrogen (secondary N) is 1. The van der Waals surface area contributed by atoms with E-state index < -0.39 is 6.04 Å². The molecule has 0 heterocycles. The maximum absolute atomic E-state index is 11.3. The predicted octanol–water partition coefficient (Wildman–Crippen LogP) is 1.73. The molecular formula is C13H21ClN2O. The summed E-state index contributed by atoms with van der Waals surface area (Å²) in [6.07, 6.45) is 0.858. The molecule has 17 heavy (non-hydrogen) atoms. The Labute approximate surface area is 109 Å². The SMILES string of the molecule is Cc1cccc(C)c1CCNC(=O)[C@H](C)N.Cl. The molecule has 0 unspecified atom stereocenters. The van der Waals surface area contributed by atoms with Gasteiger partial charge in [0.05, 0.1) is 6.04 Å². The topological polar surface area (TPSA) is 55.1 Å². The highest BCUT2D eigenvalue weighted by Gasteiger charge is 2.07. The maximum Gasteiger partial charge on any atom is 0.236 e. The summed E-state index contributed by atoms with van der Waals surface area (Å²) in [5.41, 5.74) is 9.32. The van der Waals surface area contributed by atoms with E-state index >= 15 is 0 Å². The zero-order valence-corrected chi connectivity index (χ0v) is 11.4. The van der Waals surface area contributed by atoms with Crippen LogP contribution in [0.3, 0.4) is 0 Å². The summed E-state index contributed by atoms with van der Waals surface area (Å²) in [5, 5.41) is 2.82. The molecule has 1 aromatic carbocycles. The van der Waals surface area contributed by atoms with E-state index in [9.17, 15) is 4.79 Å². The fourth-order valence-electron chi connectivity index (χ4n) is 1.72. The van der Waals surface area contributed by atoms with Gasteiger partial charge in [-0.3, -0.25) is 4.79 Å². The number of hydrogen-bond donors (Lipinski definition) is 2. The molecule has 0 aliphatic carbocycles. The molecule has 0 aliphatic heterocycles. The Morgan fingerprint density at radius 2 is 1.88 bits per heavy atom. The van der Waals surface area contributed by atoms with Gasteiger partial charge in [0.25, 0.3) is 0 Å². The number of halogens is 1. The van der Waals surface area contributed by atoms with Crippen LogP contribution in [0.15, 0.2) is 18.2 Å². The minimum absolute atomic E-state index is 0. The minimum Gasteiger partial charge on any atom is -0.354 e. The van der Waals surface area contributed by atoms with Gasteiger partial charge in [-0.2, -0.15) is 0 Å². The summed E-state index contributed by atoms with van der Waals surface area (Å²) in [5.74, 6) is -0.0914. The third-order valence-electron chi connectivity index (χ3n) is 2.73. The molecule has 1 amide bonds. The van der Waals surface area contributed by atoms with E-state index in [4.69, 9.17) is 5.73 Å². The Morgan fingerprint density at radius 1 is 1.35 bits per heavy atom. The van der Waals surface area contributed by atoms with Crippen LogP contribution in [0.5, 0.6) is 0 Å². The van der Waals surface area contributed by atoms with Crippen molar-refractivity contribution in [3.63, 3.8) is 0 Å². The molecule has 1 rings (SSSR count). The first kappa shape index (κ1) is 15.9. The van der Waals surface area contributed by atoms with Crippen molar-refractivity contribution >= 4 is 18.3 Å². The van der Waals surface area contributed by atoms with Crippen LogP contribution in [-0.4, -0.2) is 18.5 Å². The van der Waals surface area contributed by atoms with Gasteiger partial charge in [0.15, 0.2) is 0 Å². The number of hydrogen-bond acceptors (Lipinski definition) is 2. The number of benzene rings is 1. The Bertz CT molecular complexity index is 357. The molecule has 3 nitrogen and oxygen atoms in total. The summed E-state index contributed by atoms with van der Waals surface area (Å²) in [4.78, 5) is 11.3. The quantitative estimate of drug-likeness (QED) is 0.862. The second kappa shape index (κ2) is 7.30. The van der Waals surface area contributed by atoms with E-state index in [0.29, 0.717) is 6.54 Å². The van der Waals surface area contributed by atoms with E-state index in [0.717, 1.165) is 6.42 Å². The molecule has 0 radical (unpaired) electrons.